The van der Waals surface area contributed by atoms with Crippen molar-refractivity contribution >= 4 is 32.8 Å². The fraction of sp³-hybridized carbons (Fsp3) is 0.154. The normalized spacial score (nSPS) is 13.1. The Morgan fingerprint density at radius 3 is 2.88 bits per heavy atom. The number of aryl methyl sites for hydroxylation is 1. The van der Waals surface area contributed by atoms with Gasteiger partial charge in [-0.15, -0.1) is 22.7 Å². The van der Waals surface area contributed by atoms with Crippen LogP contribution in [0.1, 0.15) is 22.4 Å². The minimum atomic E-state index is -0.623. The number of thiazole rings is 1. The van der Waals surface area contributed by atoms with E-state index in [4.69, 9.17) is 0 Å². The third kappa shape index (κ3) is 1.88. The van der Waals surface area contributed by atoms with Gasteiger partial charge in [0.05, 0.1) is 10.7 Å². The van der Waals surface area contributed by atoms with Crippen molar-refractivity contribution in [1.29, 1.82) is 0 Å². The SMILES string of the molecule is Cc1nc(C(O)c2cccc3ccsc23)cs1. The van der Waals surface area contributed by atoms with E-state index < -0.39 is 6.10 Å². The molecule has 2 aromatic heterocycles. The fourth-order valence-electron chi connectivity index (χ4n) is 1.90. The molecule has 0 aliphatic rings. The van der Waals surface area contributed by atoms with E-state index in [9.17, 15) is 5.11 Å². The second kappa shape index (κ2) is 4.22. The van der Waals surface area contributed by atoms with Crippen LogP contribution in [0.3, 0.4) is 0 Å². The molecule has 1 aromatic carbocycles. The standard InChI is InChI=1S/C13H11NOS2/c1-8-14-11(7-17-8)12(15)10-4-2-3-9-5-6-16-13(9)10/h2-7,12,15H,1H3. The van der Waals surface area contributed by atoms with Gasteiger partial charge in [0.25, 0.3) is 0 Å². The maximum Gasteiger partial charge on any atom is 0.123 e. The van der Waals surface area contributed by atoms with Gasteiger partial charge in [0, 0.05) is 15.6 Å². The first-order chi connectivity index (χ1) is 8.25. The molecule has 4 heteroatoms. The summed E-state index contributed by atoms with van der Waals surface area (Å²) in [7, 11) is 0. The number of aliphatic hydroxyl groups is 1. The molecule has 0 radical (unpaired) electrons. The van der Waals surface area contributed by atoms with Crippen LogP contribution in [0, 0.1) is 6.92 Å². The van der Waals surface area contributed by atoms with Crippen LogP contribution < -0.4 is 0 Å². The molecule has 3 aromatic rings. The third-order valence-corrected chi connectivity index (χ3v) is 4.49. The molecule has 2 nitrogen and oxygen atoms in total. The van der Waals surface area contributed by atoms with Crippen LogP contribution in [0.15, 0.2) is 35.0 Å². The predicted molar refractivity (Wildman–Crippen MR) is 72.7 cm³/mol. The number of aliphatic hydroxyl groups excluding tert-OH is 1. The first-order valence-corrected chi connectivity index (χ1v) is 7.08. The summed E-state index contributed by atoms with van der Waals surface area (Å²) in [6.07, 6.45) is -0.623. The summed E-state index contributed by atoms with van der Waals surface area (Å²) < 4.78 is 1.14. The van der Waals surface area contributed by atoms with Gasteiger partial charge < -0.3 is 5.11 Å². The Balaban J connectivity index is 2.12. The lowest BCUT2D eigenvalue weighted by molar-refractivity contribution is 0.217. The van der Waals surface area contributed by atoms with Crippen LogP contribution in [-0.4, -0.2) is 10.1 Å². The Morgan fingerprint density at radius 2 is 2.12 bits per heavy atom. The summed E-state index contributed by atoms with van der Waals surface area (Å²) in [5.41, 5.74) is 1.69. The first kappa shape index (κ1) is 10.9. The summed E-state index contributed by atoms with van der Waals surface area (Å²) in [5.74, 6) is 0. The van der Waals surface area contributed by atoms with Gasteiger partial charge in [-0.3, -0.25) is 0 Å². The maximum atomic E-state index is 10.4. The van der Waals surface area contributed by atoms with Gasteiger partial charge >= 0.3 is 0 Å². The van der Waals surface area contributed by atoms with Gasteiger partial charge in [0.1, 0.15) is 6.10 Å². The first-order valence-electron chi connectivity index (χ1n) is 5.32. The molecule has 1 unspecified atom stereocenters. The highest BCUT2D eigenvalue weighted by molar-refractivity contribution is 7.17. The smallest absolute Gasteiger partial charge is 0.123 e. The lowest BCUT2D eigenvalue weighted by atomic mass is 10.1. The van der Waals surface area contributed by atoms with Crippen molar-refractivity contribution in [1.82, 2.24) is 4.98 Å². The lowest BCUT2D eigenvalue weighted by Gasteiger charge is -2.09. The quantitative estimate of drug-likeness (QED) is 0.762. The van der Waals surface area contributed by atoms with Gasteiger partial charge in [-0.25, -0.2) is 4.98 Å². The van der Waals surface area contributed by atoms with Gasteiger partial charge in [0.2, 0.25) is 0 Å². The number of thiophene rings is 1. The van der Waals surface area contributed by atoms with Crippen LogP contribution >= 0.6 is 22.7 Å². The fourth-order valence-corrected chi connectivity index (χ4v) is 3.47. The number of nitrogens with zero attached hydrogens (tertiary/aromatic N) is 1. The Morgan fingerprint density at radius 1 is 1.24 bits per heavy atom. The van der Waals surface area contributed by atoms with E-state index >= 15 is 0 Å². The van der Waals surface area contributed by atoms with Crippen molar-refractivity contribution < 1.29 is 5.11 Å². The van der Waals surface area contributed by atoms with E-state index in [2.05, 4.69) is 17.1 Å². The molecule has 0 aliphatic heterocycles. The number of hydrogen-bond donors (Lipinski definition) is 1. The monoisotopic (exact) mass is 261 g/mol. The zero-order chi connectivity index (χ0) is 11.8. The molecule has 2 heterocycles. The Labute approximate surface area is 107 Å². The number of aromatic nitrogens is 1. The van der Waals surface area contributed by atoms with E-state index in [1.807, 2.05) is 29.8 Å². The Kier molecular flexibility index (Phi) is 2.70. The molecule has 0 bridgehead atoms. The number of benzene rings is 1. The zero-order valence-corrected chi connectivity index (χ0v) is 10.9. The minimum absolute atomic E-state index is 0.623. The predicted octanol–water partition coefficient (Wildman–Crippen LogP) is 3.75. The molecule has 1 atom stereocenters. The van der Waals surface area contributed by atoms with Gasteiger partial charge in [-0.05, 0) is 23.8 Å². The molecule has 1 N–H and O–H groups in total. The Hall–Kier alpha value is -1.23. The number of fused-ring (bicyclic) bond motifs is 1. The highest BCUT2D eigenvalue weighted by Crippen LogP contribution is 2.32. The molecule has 17 heavy (non-hydrogen) atoms. The summed E-state index contributed by atoms with van der Waals surface area (Å²) in [6, 6.07) is 8.09. The molecule has 0 aliphatic carbocycles. The van der Waals surface area contributed by atoms with Crippen LogP contribution in [0.5, 0.6) is 0 Å². The molecule has 0 saturated carbocycles. The van der Waals surface area contributed by atoms with E-state index in [0.717, 1.165) is 21.0 Å². The molecule has 0 saturated heterocycles. The molecule has 3 rings (SSSR count). The summed E-state index contributed by atoms with van der Waals surface area (Å²) in [5, 5.41) is 16.5. The second-order valence-corrected chi connectivity index (χ2v) is 5.86. The molecular weight excluding hydrogens is 250 g/mol. The molecular formula is C13H11NOS2. The van der Waals surface area contributed by atoms with Crippen molar-refractivity contribution in [3.05, 3.63) is 51.3 Å². The van der Waals surface area contributed by atoms with Crippen molar-refractivity contribution in [2.75, 3.05) is 0 Å². The highest BCUT2D eigenvalue weighted by atomic mass is 32.1. The number of rotatable bonds is 2. The number of hydrogen-bond acceptors (Lipinski definition) is 4. The van der Waals surface area contributed by atoms with Crippen LogP contribution in [-0.2, 0) is 0 Å². The summed E-state index contributed by atoms with van der Waals surface area (Å²) >= 11 is 3.23. The van der Waals surface area contributed by atoms with Crippen LogP contribution in [0.2, 0.25) is 0 Å². The minimum Gasteiger partial charge on any atom is -0.382 e. The van der Waals surface area contributed by atoms with Crippen molar-refractivity contribution in [3.63, 3.8) is 0 Å². The van der Waals surface area contributed by atoms with E-state index in [-0.39, 0.29) is 0 Å². The van der Waals surface area contributed by atoms with Crippen molar-refractivity contribution in [3.8, 4) is 0 Å². The largest absolute Gasteiger partial charge is 0.382 e. The van der Waals surface area contributed by atoms with Crippen LogP contribution in [0.4, 0.5) is 0 Å². The average molecular weight is 261 g/mol. The van der Waals surface area contributed by atoms with Gasteiger partial charge in [-0.2, -0.15) is 0 Å². The van der Waals surface area contributed by atoms with E-state index in [1.54, 1.807) is 22.7 Å². The van der Waals surface area contributed by atoms with Crippen molar-refractivity contribution in [2.24, 2.45) is 0 Å². The summed E-state index contributed by atoms with van der Waals surface area (Å²) in [6.45, 7) is 1.95. The van der Waals surface area contributed by atoms with E-state index in [1.165, 1.54) is 5.39 Å². The zero-order valence-electron chi connectivity index (χ0n) is 9.25. The molecule has 0 amide bonds. The Bertz CT molecular complexity index is 656. The lowest BCUT2D eigenvalue weighted by Crippen LogP contribution is -2.00. The third-order valence-electron chi connectivity index (χ3n) is 2.72. The topological polar surface area (TPSA) is 33.1 Å². The van der Waals surface area contributed by atoms with Crippen molar-refractivity contribution in [2.45, 2.75) is 13.0 Å². The molecule has 0 fully saturated rings. The van der Waals surface area contributed by atoms with E-state index in [0.29, 0.717) is 0 Å². The van der Waals surface area contributed by atoms with Gasteiger partial charge in [0.15, 0.2) is 0 Å². The summed E-state index contributed by atoms with van der Waals surface area (Å²) in [4.78, 5) is 4.35. The molecule has 86 valence electrons. The highest BCUT2D eigenvalue weighted by Gasteiger charge is 2.16. The second-order valence-electron chi connectivity index (χ2n) is 3.88. The molecule has 0 spiro atoms. The average Bonchev–Trinajstić information content (AvgIpc) is 2.95. The van der Waals surface area contributed by atoms with Gasteiger partial charge in [-0.1, -0.05) is 18.2 Å². The van der Waals surface area contributed by atoms with Crippen LogP contribution in [0.25, 0.3) is 10.1 Å². The maximum absolute atomic E-state index is 10.4.